The third-order valence-electron chi connectivity index (χ3n) is 9.27. The number of carbonyl (C=O) groups is 3. The lowest BCUT2D eigenvalue weighted by molar-refractivity contribution is -0.605. The zero-order valence-corrected chi connectivity index (χ0v) is 30.5. The second-order valence-corrected chi connectivity index (χ2v) is 13.9. The van der Waals surface area contributed by atoms with Crippen molar-refractivity contribution in [3.05, 3.63) is 108 Å². The number of carboxylic acids is 1. The molecule has 276 valence electrons. The molecule has 3 saturated heterocycles. The first-order valence-electron chi connectivity index (χ1n) is 16.1. The predicted molar refractivity (Wildman–Crippen MR) is 193 cm³/mol. The molecule has 4 aromatic rings. The number of aromatic carboxylic acids is 1. The highest BCUT2D eigenvalue weighted by Gasteiger charge is 2.38. The van der Waals surface area contributed by atoms with Crippen LogP contribution in [0.25, 0.3) is 0 Å². The number of benzene rings is 2. The highest BCUT2D eigenvalue weighted by Crippen LogP contribution is 2.42. The number of methoxy groups -OCH3 is 2. The van der Waals surface area contributed by atoms with E-state index in [-0.39, 0.29) is 52.1 Å². The van der Waals surface area contributed by atoms with Crippen molar-refractivity contribution in [1.29, 1.82) is 0 Å². The Hall–Kier alpha value is -4.63. The highest BCUT2D eigenvalue weighted by atomic mass is 35.5. The molecule has 2 N–H and O–H groups in total. The number of nitrogens with zero attached hydrogens (tertiary/aromatic N) is 3. The summed E-state index contributed by atoms with van der Waals surface area (Å²) in [5, 5.41) is 31.3. The molecule has 2 atom stereocenters. The van der Waals surface area contributed by atoms with Crippen LogP contribution in [0.5, 0.6) is 11.5 Å². The van der Waals surface area contributed by atoms with Gasteiger partial charge in [-0.1, -0.05) is 41.4 Å². The summed E-state index contributed by atoms with van der Waals surface area (Å²) in [4.78, 5) is 38.7. The third kappa shape index (κ3) is 8.52. The van der Waals surface area contributed by atoms with Crippen LogP contribution in [-0.2, 0) is 22.5 Å². The largest absolute Gasteiger partial charge is 0.619 e. The Bertz CT molecular complexity index is 1900. The lowest BCUT2D eigenvalue weighted by Crippen LogP contribution is -2.53. The molecular weight excluding hydrogens is 740 g/mol. The van der Waals surface area contributed by atoms with E-state index in [0.29, 0.717) is 45.0 Å². The van der Waals surface area contributed by atoms with Crippen LogP contribution >= 0.6 is 34.5 Å². The molecule has 0 spiro atoms. The van der Waals surface area contributed by atoms with Crippen molar-refractivity contribution in [3.8, 4) is 11.5 Å². The van der Waals surface area contributed by atoms with Crippen LogP contribution in [-0.4, -0.2) is 73.6 Å². The molecule has 3 fully saturated rings. The van der Waals surface area contributed by atoms with Crippen LogP contribution in [0.2, 0.25) is 10.0 Å². The number of amides is 1. The van der Waals surface area contributed by atoms with E-state index in [1.165, 1.54) is 49.7 Å². The quantitative estimate of drug-likeness (QED) is 0.0940. The number of carboxylic acid groups (broad SMARTS) is 2. The van der Waals surface area contributed by atoms with Gasteiger partial charge in [0.2, 0.25) is 0 Å². The number of hydrogen-bond acceptors (Lipinski definition) is 9. The molecule has 2 bridgehead atoms. The standard InChI is InChI=1S/C35H34Cl2FN3O7S.CH2O2/c1-46-29-8-7-21(13-30(29)47-2)23(14-24-25(36)16-40(45)17-26(24)37)32-22(19-49-33(32)34(42)43)15-41(28-6-4-3-5-27(28)38)35(44)48-31-18-39-11-9-20(31)10-12-39;2-1-3/h3-8,13,16-17,19-20,23,31H,9-12,14-15,18H2,1-2H3,(H,42,43);1H,(H,2,3)/t23-,31-;/m0./s1. The van der Waals surface area contributed by atoms with Gasteiger partial charge in [-0.05, 0) is 84.6 Å². The van der Waals surface area contributed by atoms with E-state index in [1.54, 1.807) is 29.6 Å². The molecule has 0 saturated carbocycles. The maximum absolute atomic E-state index is 15.4. The van der Waals surface area contributed by atoms with Gasteiger partial charge in [0.15, 0.2) is 23.9 Å². The van der Waals surface area contributed by atoms with Gasteiger partial charge in [0.25, 0.3) is 6.47 Å². The number of carbonyl (C=O) groups excluding carboxylic acids is 1. The number of halogens is 3. The normalized spacial score (nSPS) is 18.1. The first kappa shape index (κ1) is 38.6. The zero-order chi connectivity index (χ0) is 37.5. The van der Waals surface area contributed by atoms with Crippen molar-refractivity contribution in [1.82, 2.24) is 4.90 Å². The summed E-state index contributed by atoms with van der Waals surface area (Å²) in [7, 11) is 2.99. The number of pyridine rings is 1. The van der Waals surface area contributed by atoms with Crippen LogP contribution in [0.1, 0.15) is 50.7 Å². The SMILES string of the molecule is COc1ccc([C@H](Cc2c(Cl)c[n+]([O-])cc2Cl)c2c(CN(C(=O)O[C@H]3CN4CCC3CC4)c3ccccc3F)csc2C(=O)O)cc1OC.O=CO. The minimum absolute atomic E-state index is 0.000357. The Balaban J connectivity index is 0.00000168. The maximum Gasteiger partial charge on any atom is 0.415 e. The minimum Gasteiger partial charge on any atom is -0.619 e. The lowest BCUT2D eigenvalue weighted by Gasteiger charge is -2.44. The van der Waals surface area contributed by atoms with Crippen molar-refractivity contribution >= 4 is 58.8 Å². The van der Waals surface area contributed by atoms with Gasteiger partial charge in [0, 0.05) is 18.0 Å². The molecule has 0 aliphatic carbocycles. The smallest absolute Gasteiger partial charge is 0.415 e. The molecule has 0 radical (unpaired) electrons. The predicted octanol–water partition coefficient (Wildman–Crippen LogP) is 6.86. The third-order valence-corrected chi connectivity index (χ3v) is 11.0. The second kappa shape index (κ2) is 17.3. The summed E-state index contributed by atoms with van der Waals surface area (Å²) in [5.74, 6) is -1.48. The summed E-state index contributed by atoms with van der Waals surface area (Å²) in [6.45, 7) is 2.07. The van der Waals surface area contributed by atoms with Gasteiger partial charge in [0.1, 0.15) is 26.8 Å². The fourth-order valence-electron chi connectivity index (χ4n) is 6.79. The van der Waals surface area contributed by atoms with Crippen molar-refractivity contribution in [2.75, 3.05) is 38.8 Å². The number of piperidine rings is 3. The van der Waals surface area contributed by atoms with Crippen LogP contribution < -0.4 is 19.1 Å². The molecule has 12 nitrogen and oxygen atoms in total. The summed E-state index contributed by atoms with van der Waals surface area (Å²) in [6.07, 6.45) is 3.18. The maximum atomic E-state index is 15.4. The van der Waals surface area contributed by atoms with E-state index in [4.69, 9.17) is 47.3 Å². The van der Waals surface area contributed by atoms with E-state index < -0.39 is 23.8 Å². The first-order valence-corrected chi connectivity index (χ1v) is 17.8. The molecule has 5 heterocycles. The first-order chi connectivity index (χ1) is 25.0. The number of para-hydroxylation sites is 1. The van der Waals surface area contributed by atoms with Crippen LogP contribution in [0.15, 0.2) is 60.2 Å². The molecule has 16 heteroatoms. The summed E-state index contributed by atoms with van der Waals surface area (Å²) in [5.41, 5.74) is 1.86. The van der Waals surface area contributed by atoms with Crippen molar-refractivity contribution in [2.24, 2.45) is 5.92 Å². The number of fused-ring (bicyclic) bond motifs is 3. The number of anilines is 1. The van der Waals surface area contributed by atoms with Gasteiger partial charge in [-0.25, -0.2) is 14.0 Å². The van der Waals surface area contributed by atoms with Gasteiger partial charge in [-0.2, -0.15) is 4.73 Å². The van der Waals surface area contributed by atoms with Crippen LogP contribution in [0.4, 0.5) is 14.9 Å². The summed E-state index contributed by atoms with van der Waals surface area (Å²) in [6, 6.07) is 11.1. The molecule has 7 rings (SSSR count). The Morgan fingerprint density at radius 2 is 1.77 bits per heavy atom. The number of rotatable bonds is 11. The molecule has 1 amide bonds. The Morgan fingerprint density at radius 3 is 2.35 bits per heavy atom. The van der Waals surface area contributed by atoms with Gasteiger partial charge >= 0.3 is 12.1 Å². The Labute approximate surface area is 313 Å². The van der Waals surface area contributed by atoms with Crippen LogP contribution in [0.3, 0.4) is 0 Å². The summed E-state index contributed by atoms with van der Waals surface area (Å²) >= 11 is 14.1. The molecule has 2 aromatic carbocycles. The topological polar surface area (TPSA) is 153 Å². The van der Waals surface area contributed by atoms with E-state index in [0.717, 1.165) is 37.3 Å². The molecule has 52 heavy (non-hydrogen) atoms. The minimum atomic E-state index is -1.19. The van der Waals surface area contributed by atoms with E-state index in [1.807, 2.05) is 0 Å². The van der Waals surface area contributed by atoms with E-state index >= 15 is 4.39 Å². The van der Waals surface area contributed by atoms with E-state index in [2.05, 4.69) is 4.90 Å². The van der Waals surface area contributed by atoms with Crippen molar-refractivity contribution in [3.63, 3.8) is 0 Å². The van der Waals surface area contributed by atoms with Gasteiger partial charge in [-0.15, -0.1) is 11.3 Å². The molecule has 3 aliphatic heterocycles. The molecule has 0 unspecified atom stereocenters. The zero-order valence-electron chi connectivity index (χ0n) is 28.2. The number of thiophene rings is 1. The summed E-state index contributed by atoms with van der Waals surface area (Å²) < 4.78 is 33.0. The van der Waals surface area contributed by atoms with Gasteiger partial charge < -0.3 is 29.6 Å². The average Bonchev–Trinajstić information content (AvgIpc) is 3.55. The highest BCUT2D eigenvalue weighted by molar-refractivity contribution is 7.12. The van der Waals surface area contributed by atoms with Gasteiger partial charge in [0.05, 0.1) is 26.5 Å². The number of aromatic nitrogens is 1. The molecule has 2 aromatic heterocycles. The van der Waals surface area contributed by atoms with Gasteiger partial charge in [-0.3, -0.25) is 14.6 Å². The monoisotopic (exact) mass is 775 g/mol. The molecule has 3 aliphatic rings. The van der Waals surface area contributed by atoms with Crippen LogP contribution in [0, 0.1) is 16.9 Å². The Morgan fingerprint density at radius 1 is 1.12 bits per heavy atom. The number of ether oxygens (including phenoxy) is 3. The Kier molecular flexibility index (Phi) is 12.8. The molecular formula is C36H36Cl2FN3O9S. The fraction of sp³-hybridized carbons (Fsp3) is 0.333. The van der Waals surface area contributed by atoms with Crippen molar-refractivity contribution in [2.45, 2.75) is 37.8 Å². The van der Waals surface area contributed by atoms with E-state index in [9.17, 15) is 19.9 Å². The second-order valence-electron chi connectivity index (χ2n) is 12.2. The average molecular weight is 777 g/mol. The number of hydrogen-bond donors (Lipinski definition) is 2. The lowest BCUT2D eigenvalue weighted by atomic mass is 9.83. The fourth-order valence-corrected chi connectivity index (χ4v) is 8.35. The van der Waals surface area contributed by atoms with Crippen molar-refractivity contribution < 1.29 is 47.9 Å².